The van der Waals surface area contributed by atoms with Crippen molar-refractivity contribution in [3.8, 4) is 17.2 Å². The Morgan fingerprint density at radius 3 is 1.07 bits per heavy atom. The molecule has 3 nitrogen and oxygen atoms in total. The largest absolute Gasteiger partial charge is 0.490 e. The highest BCUT2D eigenvalue weighted by Gasteiger charge is 2.16. The van der Waals surface area contributed by atoms with E-state index in [2.05, 4.69) is 39.8 Å². The number of unbranched alkanes of at least 4 members (excludes halogenated alkanes) is 21. The van der Waals surface area contributed by atoms with Crippen LogP contribution in [0.2, 0.25) is 0 Å². The molecule has 0 aliphatic carbocycles. The molecule has 0 saturated carbocycles. The molecule has 0 bridgehead atoms. The van der Waals surface area contributed by atoms with Crippen molar-refractivity contribution in [3.05, 3.63) is 24.6 Å². The van der Waals surface area contributed by atoms with E-state index in [9.17, 15) is 0 Å². The maximum atomic E-state index is 6.45. The summed E-state index contributed by atoms with van der Waals surface area (Å²) in [4.78, 5) is 0. The van der Waals surface area contributed by atoms with Gasteiger partial charge in [-0.2, -0.15) is 0 Å². The SMILES string of the molecule is [CH2]CCc1cc(OCCCCCCCCCC)c(OCCCCCCCCCC)c(OCCCCCCCCCC)c1. The zero-order valence-corrected chi connectivity index (χ0v) is 28.6. The van der Waals surface area contributed by atoms with Crippen molar-refractivity contribution in [3.63, 3.8) is 0 Å². The van der Waals surface area contributed by atoms with Crippen LogP contribution < -0.4 is 14.2 Å². The van der Waals surface area contributed by atoms with Crippen molar-refractivity contribution in [1.29, 1.82) is 0 Å². The zero-order valence-electron chi connectivity index (χ0n) is 28.6. The minimum absolute atomic E-state index is 0.728. The monoisotopic (exact) mass is 588 g/mol. The first-order valence-electron chi connectivity index (χ1n) is 18.6. The van der Waals surface area contributed by atoms with Gasteiger partial charge in [-0.25, -0.2) is 0 Å². The van der Waals surface area contributed by atoms with Crippen LogP contribution in [0.25, 0.3) is 0 Å². The lowest BCUT2D eigenvalue weighted by Crippen LogP contribution is -2.07. The third-order valence-corrected chi connectivity index (χ3v) is 8.30. The summed E-state index contributed by atoms with van der Waals surface area (Å²) in [5.41, 5.74) is 1.24. The maximum absolute atomic E-state index is 6.45. The molecule has 0 N–H and O–H groups in total. The minimum atomic E-state index is 0.728. The van der Waals surface area contributed by atoms with Gasteiger partial charge in [-0.3, -0.25) is 0 Å². The van der Waals surface area contributed by atoms with Gasteiger partial charge in [0, 0.05) is 0 Å². The lowest BCUT2D eigenvalue weighted by Gasteiger charge is -2.19. The summed E-state index contributed by atoms with van der Waals surface area (Å²) in [6.07, 6.45) is 33.1. The fourth-order valence-corrected chi connectivity index (χ4v) is 5.58. The Hall–Kier alpha value is -1.38. The van der Waals surface area contributed by atoms with Crippen LogP contribution >= 0.6 is 0 Å². The number of benzene rings is 1. The van der Waals surface area contributed by atoms with E-state index >= 15 is 0 Å². The molecule has 0 fully saturated rings. The van der Waals surface area contributed by atoms with Crippen LogP contribution in [-0.2, 0) is 6.42 Å². The summed E-state index contributed by atoms with van der Waals surface area (Å²) in [5.74, 6) is 2.56. The Kier molecular flexibility index (Phi) is 27.3. The van der Waals surface area contributed by atoms with Gasteiger partial charge < -0.3 is 14.2 Å². The second-order valence-electron chi connectivity index (χ2n) is 12.5. The van der Waals surface area contributed by atoms with Crippen LogP contribution in [0, 0.1) is 6.92 Å². The quantitative estimate of drug-likeness (QED) is 0.0785. The fraction of sp³-hybridized carbons (Fsp3) is 0.821. The first-order valence-corrected chi connectivity index (χ1v) is 18.6. The van der Waals surface area contributed by atoms with E-state index in [4.69, 9.17) is 14.2 Å². The molecule has 0 atom stereocenters. The van der Waals surface area contributed by atoms with Crippen LogP contribution in [0.15, 0.2) is 12.1 Å². The molecular formula is C39H71O3. The van der Waals surface area contributed by atoms with Gasteiger partial charge in [-0.1, -0.05) is 163 Å². The van der Waals surface area contributed by atoms with Crippen molar-refractivity contribution < 1.29 is 14.2 Å². The molecule has 0 saturated heterocycles. The maximum Gasteiger partial charge on any atom is 0.203 e. The first-order chi connectivity index (χ1) is 20.8. The summed E-state index contributed by atoms with van der Waals surface area (Å²) >= 11 is 0. The highest BCUT2D eigenvalue weighted by atomic mass is 16.5. The molecule has 1 rings (SSSR count). The predicted molar refractivity (Wildman–Crippen MR) is 184 cm³/mol. The molecule has 3 heteroatoms. The highest BCUT2D eigenvalue weighted by Crippen LogP contribution is 2.40. The van der Waals surface area contributed by atoms with Crippen molar-refractivity contribution in [2.45, 2.75) is 188 Å². The third kappa shape index (κ3) is 21.3. The molecular weight excluding hydrogens is 516 g/mol. The smallest absolute Gasteiger partial charge is 0.203 e. The summed E-state index contributed by atoms with van der Waals surface area (Å²) in [7, 11) is 0. The van der Waals surface area contributed by atoms with Crippen molar-refractivity contribution in [2.75, 3.05) is 19.8 Å². The summed E-state index contributed by atoms with van der Waals surface area (Å²) in [5, 5.41) is 0. The summed E-state index contributed by atoms with van der Waals surface area (Å²) in [6, 6.07) is 4.37. The van der Waals surface area contributed by atoms with E-state index in [-0.39, 0.29) is 0 Å². The number of hydrogen-bond acceptors (Lipinski definition) is 3. The normalized spacial score (nSPS) is 11.2. The predicted octanol–water partition coefficient (Wildman–Crippen LogP) is 13.0. The van der Waals surface area contributed by atoms with Crippen molar-refractivity contribution in [1.82, 2.24) is 0 Å². The summed E-state index contributed by atoms with van der Waals surface area (Å²) in [6.45, 7) is 13.2. The molecule has 0 aliphatic rings. The van der Waals surface area contributed by atoms with Crippen LogP contribution in [0.4, 0.5) is 0 Å². The number of rotatable bonds is 32. The third-order valence-electron chi connectivity index (χ3n) is 8.30. The Morgan fingerprint density at radius 1 is 0.429 bits per heavy atom. The van der Waals surface area contributed by atoms with Crippen molar-refractivity contribution >= 4 is 0 Å². The fourth-order valence-electron chi connectivity index (χ4n) is 5.58. The first kappa shape index (κ1) is 38.6. The topological polar surface area (TPSA) is 27.7 Å². The highest BCUT2D eigenvalue weighted by molar-refractivity contribution is 5.54. The van der Waals surface area contributed by atoms with E-state index in [1.165, 1.54) is 140 Å². The second kappa shape index (κ2) is 29.7. The molecule has 1 aromatic carbocycles. The molecule has 0 spiro atoms. The zero-order chi connectivity index (χ0) is 30.4. The lowest BCUT2D eigenvalue weighted by atomic mass is 10.1. The second-order valence-corrected chi connectivity index (χ2v) is 12.5. The van der Waals surface area contributed by atoms with Crippen LogP contribution in [0.1, 0.15) is 187 Å². The van der Waals surface area contributed by atoms with E-state index in [0.717, 1.165) is 69.2 Å². The number of ether oxygens (including phenoxy) is 3. The van der Waals surface area contributed by atoms with Gasteiger partial charge in [0.05, 0.1) is 19.8 Å². The molecule has 0 aliphatic heterocycles. The molecule has 0 unspecified atom stereocenters. The van der Waals surface area contributed by atoms with Gasteiger partial charge in [0.15, 0.2) is 11.5 Å². The summed E-state index contributed by atoms with van der Waals surface area (Å²) < 4.78 is 19.3. The Labute approximate surface area is 263 Å². The average molecular weight is 588 g/mol. The molecule has 1 radical (unpaired) electrons. The Morgan fingerprint density at radius 2 is 0.738 bits per heavy atom. The lowest BCUT2D eigenvalue weighted by molar-refractivity contribution is 0.234. The molecule has 0 aromatic heterocycles. The van der Waals surface area contributed by atoms with E-state index in [0.29, 0.717) is 0 Å². The molecule has 0 amide bonds. The van der Waals surface area contributed by atoms with Gasteiger partial charge in [-0.05, 0) is 49.8 Å². The molecule has 42 heavy (non-hydrogen) atoms. The molecule has 0 heterocycles. The van der Waals surface area contributed by atoms with Crippen LogP contribution in [0.5, 0.6) is 17.2 Å². The van der Waals surface area contributed by atoms with Crippen LogP contribution in [0.3, 0.4) is 0 Å². The number of hydrogen-bond donors (Lipinski definition) is 0. The van der Waals surface area contributed by atoms with E-state index in [1.807, 2.05) is 0 Å². The minimum Gasteiger partial charge on any atom is -0.490 e. The number of aryl methyl sites for hydroxylation is 1. The van der Waals surface area contributed by atoms with E-state index in [1.54, 1.807) is 0 Å². The van der Waals surface area contributed by atoms with Gasteiger partial charge in [-0.15, -0.1) is 0 Å². The van der Waals surface area contributed by atoms with Gasteiger partial charge in [0.1, 0.15) is 0 Å². The van der Waals surface area contributed by atoms with Crippen LogP contribution in [-0.4, -0.2) is 19.8 Å². The average Bonchev–Trinajstić information content (AvgIpc) is 2.99. The molecule has 245 valence electrons. The van der Waals surface area contributed by atoms with E-state index < -0.39 is 0 Å². The Bertz CT molecular complexity index is 658. The van der Waals surface area contributed by atoms with Gasteiger partial charge >= 0.3 is 0 Å². The van der Waals surface area contributed by atoms with Gasteiger partial charge in [0.25, 0.3) is 0 Å². The Balaban J connectivity index is 2.66. The standard InChI is InChI=1S/C39H71O3/c1-5-9-12-15-18-21-24-27-31-40-37-34-36(30-8-4)35-38(41-32-28-25-22-19-16-13-10-6-2)39(37)42-33-29-26-23-20-17-14-11-7-3/h34-35H,4-33H2,1-3H3. The van der Waals surface area contributed by atoms with Gasteiger partial charge in [0.2, 0.25) is 5.75 Å². The van der Waals surface area contributed by atoms with Crippen molar-refractivity contribution in [2.24, 2.45) is 0 Å². The molecule has 1 aromatic rings.